The Morgan fingerprint density at radius 2 is 1.81 bits per heavy atom. The summed E-state index contributed by atoms with van der Waals surface area (Å²) < 4.78 is 25.6. The van der Waals surface area contributed by atoms with Gasteiger partial charge in [-0.25, -0.2) is 13.1 Å². The summed E-state index contributed by atoms with van der Waals surface area (Å²) >= 11 is 0. The van der Waals surface area contributed by atoms with E-state index in [-0.39, 0.29) is 30.0 Å². The van der Waals surface area contributed by atoms with Crippen LogP contribution in [0.4, 0.5) is 5.82 Å². The third-order valence-corrected chi connectivity index (χ3v) is 7.38. The first-order valence-electron chi connectivity index (χ1n) is 10.9. The zero-order valence-corrected chi connectivity index (χ0v) is 19.0. The minimum Gasteiger partial charge on any atom is -0.309 e. The largest absolute Gasteiger partial charge is 0.309 e. The standard InChI is InChI=1S/C24H28N4O3S/c1-2-14-27(21-13-15-32(30,31)18-21)17-24(29)25-23-16-22(19-9-5-3-6-10-19)26-28(23)20-11-7-4-8-12-20/h3-12,16,21H,2,13-15,17-18H2,1H3,(H,25,29). The molecule has 0 spiro atoms. The second-order valence-electron chi connectivity index (χ2n) is 8.10. The first-order chi connectivity index (χ1) is 15.4. The van der Waals surface area contributed by atoms with E-state index < -0.39 is 9.84 Å². The summed E-state index contributed by atoms with van der Waals surface area (Å²) in [7, 11) is -3.01. The number of carbonyl (C=O) groups is 1. The number of hydrogen-bond acceptors (Lipinski definition) is 5. The summed E-state index contributed by atoms with van der Waals surface area (Å²) in [6.45, 7) is 2.86. The van der Waals surface area contributed by atoms with Crippen LogP contribution in [0.1, 0.15) is 19.8 Å². The molecule has 7 nitrogen and oxygen atoms in total. The Morgan fingerprint density at radius 1 is 1.12 bits per heavy atom. The molecule has 1 saturated heterocycles. The minimum atomic E-state index is -3.01. The molecule has 32 heavy (non-hydrogen) atoms. The van der Waals surface area contributed by atoms with Crippen LogP contribution in [-0.2, 0) is 14.6 Å². The molecule has 1 fully saturated rings. The minimum absolute atomic E-state index is 0.107. The van der Waals surface area contributed by atoms with E-state index in [0.29, 0.717) is 18.8 Å². The van der Waals surface area contributed by atoms with E-state index in [4.69, 9.17) is 5.10 Å². The summed E-state index contributed by atoms with van der Waals surface area (Å²) in [6.07, 6.45) is 1.43. The van der Waals surface area contributed by atoms with Gasteiger partial charge in [-0.2, -0.15) is 5.10 Å². The highest BCUT2D eigenvalue weighted by Crippen LogP contribution is 2.25. The summed E-state index contributed by atoms with van der Waals surface area (Å²) in [5, 5.41) is 7.73. The van der Waals surface area contributed by atoms with Crippen LogP contribution in [0.15, 0.2) is 66.7 Å². The second kappa shape index (κ2) is 9.67. The molecule has 1 unspecified atom stereocenters. The molecule has 3 aromatic rings. The maximum absolute atomic E-state index is 13.0. The van der Waals surface area contributed by atoms with E-state index in [1.165, 1.54) is 0 Å². The van der Waals surface area contributed by atoms with Crippen LogP contribution in [0.3, 0.4) is 0 Å². The average Bonchev–Trinajstić information content (AvgIpc) is 3.37. The van der Waals surface area contributed by atoms with Crippen molar-refractivity contribution in [2.45, 2.75) is 25.8 Å². The Kier molecular flexibility index (Phi) is 6.72. The molecule has 0 radical (unpaired) electrons. The molecule has 1 atom stereocenters. The lowest BCUT2D eigenvalue weighted by atomic mass is 10.1. The smallest absolute Gasteiger partial charge is 0.239 e. The lowest BCUT2D eigenvalue weighted by Gasteiger charge is -2.26. The van der Waals surface area contributed by atoms with E-state index in [9.17, 15) is 13.2 Å². The lowest BCUT2D eigenvalue weighted by molar-refractivity contribution is -0.117. The maximum atomic E-state index is 13.0. The molecule has 2 aromatic carbocycles. The van der Waals surface area contributed by atoms with Gasteiger partial charge in [-0.05, 0) is 31.5 Å². The van der Waals surface area contributed by atoms with Crippen molar-refractivity contribution < 1.29 is 13.2 Å². The normalized spacial score (nSPS) is 17.5. The molecule has 4 rings (SSSR count). The fourth-order valence-corrected chi connectivity index (χ4v) is 5.86. The Labute approximate surface area is 189 Å². The number of para-hydroxylation sites is 1. The zero-order valence-electron chi connectivity index (χ0n) is 18.1. The topological polar surface area (TPSA) is 84.3 Å². The van der Waals surface area contributed by atoms with E-state index in [0.717, 1.165) is 23.4 Å². The number of aromatic nitrogens is 2. The van der Waals surface area contributed by atoms with Crippen molar-refractivity contribution >= 4 is 21.6 Å². The Bertz CT molecular complexity index is 1160. The molecule has 1 N–H and O–H groups in total. The van der Waals surface area contributed by atoms with E-state index in [2.05, 4.69) is 5.32 Å². The van der Waals surface area contributed by atoms with Gasteiger partial charge in [0.25, 0.3) is 0 Å². The molecule has 2 heterocycles. The van der Waals surface area contributed by atoms with Gasteiger partial charge >= 0.3 is 0 Å². The third-order valence-electron chi connectivity index (χ3n) is 5.63. The molecule has 1 aromatic heterocycles. The highest BCUT2D eigenvalue weighted by molar-refractivity contribution is 7.91. The monoisotopic (exact) mass is 452 g/mol. The van der Waals surface area contributed by atoms with Crippen LogP contribution in [0.25, 0.3) is 16.9 Å². The first kappa shape index (κ1) is 22.2. The summed E-state index contributed by atoms with van der Waals surface area (Å²) in [5.41, 5.74) is 2.57. The predicted octanol–water partition coefficient (Wildman–Crippen LogP) is 3.38. The Balaban J connectivity index is 1.57. The molecule has 1 aliphatic heterocycles. The number of hydrogen-bond donors (Lipinski definition) is 1. The van der Waals surface area contributed by atoms with Crippen molar-refractivity contribution in [3.8, 4) is 16.9 Å². The van der Waals surface area contributed by atoms with Crippen LogP contribution >= 0.6 is 0 Å². The van der Waals surface area contributed by atoms with Gasteiger partial charge in [-0.1, -0.05) is 55.5 Å². The second-order valence-corrected chi connectivity index (χ2v) is 10.3. The van der Waals surface area contributed by atoms with E-state index >= 15 is 0 Å². The van der Waals surface area contributed by atoms with Crippen LogP contribution in [0, 0.1) is 0 Å². The summed E-state index contributed by atoms with van der Waals surface area (Å²) in [5.74, 6) is 0.719. The number of amides is 1. The van der Waals surface area contributed by atoms with Gasteiger partial charge in [0.1, 0.15) is 5.82 Å². The van der Waals surface area contributed by atoms with Gasteiger partial charge in [0.15, 0.2) is 9.84 Å². The van der Waals surface area contributed by atoms with Crippen LogP contribution in [-0.4, -0.2) is 59.6 Å². The zero-order chi connectivity index (χ0) is 22.6. The molecule has 1 amide bonds. The Hall–Kier alpha value is -2.97. The molecule has 0 aliphatic carbocycles. The van der Waals surface area contributed by atoms with E-state index in [1.54, 1.807) is 4.68 Å². The fraction of sp³-hybridized carbons (Fsp3) is 0.333. The van der Waals surface area contributed by atoms with Crippen molar-refractivity contribution in [1.29, 1.82) is 0 Å². The first-order valence-corrected chi connectivity index (χ1v) is 12.7. The highest BCUT2D eigenvalue weighted by atomic mass is 32.2. The number of nitrogens with one attached hydrogen (secondary N) is 1. The molecule has 0 bridgehead atoms. The summed E-state index contributed by atoms with van der Waals surface area (Å²) in [4.78, 5) is 15.0. The van der Waals surface area contributed by atoms with Gasteiger partial charge in [-0.3, -0.25) is 9.69 Å². The van der Waals surface area contributed by atoms with Crippen molar-refractivity contribution in [1.82, 2.24) is 14.7 Å². The molecular formula is C24H28N4O3S. The average molecular weight is 453 g/mol. The molecular weight excluding hydrogens is 424 g/mol. The van der Waals surface area contributed by atoms with Crippen molar-refractivity contribution in [3.63, 3.8) is 0 Å². The van der Waals surface area contributed by atoms with E-state index in [1.807, 2.05) is 78.6 Å². The molecule has 0 saturated carbocycles. The van der Waals surface area contributed by atoms with Gasteiger partial charge in [0, 0.05) is 17.7 Å². The van der Waals surface area contributed by atoms with Gasteiger partial charge in [0.2, 0.25) is 5.91 Å². The maximum Gasteiger partial charge on any atom is 0.239 e. The Morgan fingerprint density at radius 3 is 2.44 bits per heavy atom. The van der Waals surface area contributed by atoms with Gasteiger partial charge < -0.3 is 5.32 Å². The van der Waals surface area contributed by atoms with Crippen LogP contribution in [0.5, 0.6) is 0 Å². The number of nitrogens with zero attached hydrogens (tertiary/aromatic N) is 3. The van der Waals surface area contributed by atoms with Crippen LogP contribution < -0.4 is 5.32 Å². The number of sulfone groups is 1. The number of anilines is 1. The van der Waals surface area contributed by atoms with Gasteiger partial charge in [-0.15, -0.1) is 0 Å². The summed E-state index contributed by atoms with van der Waals surface area (Å²) in [6, 6.07) is 21.2. The van der Waals surface area contributed by atoms with Crippen LogP contribution in [0.2, 0.25) is 0 Å². The van der Waals surface area contributed by atoms with Crippen molar-refractivity contribution in [3.05, 3.63) is 66.7 Å². The fourth-order valence-electron chi connectivity index (χ4n) is 4.09. The van der Waals surface area contributed by atoms with Gasteiger partial charge in [0.05, 0.1) is 29.4 Å². The molecule has 8 heteroatoms. The predicted molar refractivity (Wildman–Crippen MR) is 127 cm³/mol. The van der Waals surface area contributed by atoms with Crippen molar-refractivity contribution in [2.24, 2.45) is 0 Å². The SMILES string of the molecule is CCCN(CC(=O)Nc1cc(-c2ccccc2)nn1-c1ccccc1)C1CCS(=O)(=O)C1. The quantitative estimate of drug-likeness (QED) is 0.566. The van der Waals surface area contributed by atoms with Crippen molar-refractivity contribution in [2.75, 3.05) is 29.9 Å². The number of rotatable bonds is 8. The highest BCUT2D eigenvalue weighted by Gasteiger charge is 2.32. The number of carbonyl (C=O) groups excluding carboxylic acids is 1. The molecule has 1 aliphatic rings. The third kappa shape index (κ3) is 5.26. The number of benzene rings is 2. The molecule has 168 valence electrons. The lowest BCUT2D eigenvalue weighted by Crippen LogP contribution is -2.42.